The summed E-state index contributed by atoms with van der Waals surface area (Å²) in [5, 5.41) is 2.80. The molecule has 2 heteroatoms. The molecule has 0 bridgehead atoms. The predicted molar refractivity (Wildman–Crippen MR) is 67.1 cm³/mol. The van der Waals surface area contributed by atoms with E-state index in [1.807, 2.05) is 32.0 Å². The largest absolute Gasteiger partial charge is 0.313 e. The van der Waals surface area contributed by atoms with E-state index in [1.54, 1.807) is 7.05 Å². The maximum atomic E-state index is 10.7. The van der Waals surface area contributed by atoms with Gasteiger partial charge in [-0.3, -0.25) is 4.79 Å². The molecule has 0 aliphatic rings. The van der Waals surface area contributed by atoms with Crippen molar-refractivity contribution in [3.63, 3.8) is 0 Å². The van der Waals surface area contributed by atoms with Crippen LogP contribution in [0.15, 0.2) is 30.3 Å². The normalized spacial score (nSPS) is 9.40. The highest BCUT2D eigenvalue weighted by atomic mass is 16.1. The third-order valence-corrected chi connectivity index (χ3v) is 1.94. The Balaban J connectivity index is 0. The predicted octanol–water partition coefficient (Wildman–Crippen LogP) is 2.67. The number of nitrogens with one attached hydrogen (secondary N) is 1. The molecule has 1 N–H and O–H groups in total. The Hall–Kier alpha value is -1.15. The van der Waals surface area contributed by atoms with Crippen LogP contribution in [-0.2, 0) is 4.79 Å². The van der Waals surface area contributed by atoms with Crippen LogP contribution in [0.1, 0.15) is 20.8 Å². The molecule has 86 valence electrons. The molecular formula is C13H23NO. The first-order chi connectivity index (χ1) is 7.07. The Bertz CT molecular complexity index is 273. The Morgan fingerprint density at radius 3 is 2.07 bits per heavy atom. The van der Waals surface area contributed by atoms with Gasteiger partial charge in [0.2, 0.25) is 0 Å². The highest BCUT2D eigenvalue weighted by molar-refractivity contribution is 5.82. The molecule has 0 aliphatic carbocycles. The van der Waals surface area contributed by atoms with Gasteiger partial charge in [0.15, 0.2) is 0 Å². The number of hydrogen-bond donors (Lipinski definition) is 1. The summed E-state index contributed by atoms with van der Waals surface area (Å²) in [6, 6.07) is 10.3. The third kappa shape index (κ3) is 7.89. The summed E-state index contributed by atoms with van der Waals surface area (Å²) in [5.41, 5.74) is 1.32. The summed E-state index contributed by atoms with van der Waals surface area (Å²) in [6.07, 6.45) is 0. The van der Waals surface area contributed by atoms with Gasteiger partial charge in [-0.25, -0.2) is 0 Å². The van der Waals surface area contributed by atoms with Crippen molar-refractivity contribution in [3.8, 4) is 0 Å². The van der Waals surface area contributed by atoms with Crippen molar-refractivity contribution in [1.82, 2.24) is 5.32 Å². The molecule has 0 radical (unpaired) electrons. The highest BCUT2D eigenvalue weighted by Crippen LogP contribution is 1.92. The number of carbonyl (C=O) groups is 1. The molecular weight excluding hydrogens is 186 g/mol. The van der Waals surface area contributed by atoms with Gasteiger partial charge in [-0.05, 0) is 14.0 Å². The molecule has 0 unspecified atom stereocenters. The zero-order valence-electron chi connectivity index (χ0n) is 10.1. The van der Waals surface area contributed by atoms with Crippen LogP contribution in [0.4, 0.5) is 0 Å². The van der Waals surface area contributed by atoms with Crippen LogP contribution in [0.25, 0.3) is 0 Å². The number of benzene rings is 1. The van der Waals surface area contributed by atoms with E-state index in [1.165, 1.54) is 5.56 Å². The average molecular weight is 209 g/mol. The average Bonchev–Trinajstić information content (AvgIpc) is 2.20. The topological polar surface area (TPSA) is 29.1 Å². The van der Waals surface area contributed by atoms with Gasteiger partial charge in [-0.1, -0.05) is 49.7 Å². The van der Waals surface area contributed by atoms with Gasteiger partial charge in [0, 0.05) is 7.34 Å². The van der Waals surface area contributed by atoms with Gasteiger partial charge >= 0.3 is 0 Å². The van der Waals surface area contributed by atoms with Gasteiger partial charge in [-0.15, -0.1) is 0 Å². The second-order valence-corrected chi connectivity index (χ2v) is 3.81. The standard InChI is InChI=1S/C7H8.C6H13NO.H2/c1-7-5-3-2-4-6-7;1-5(2)6(8)4-7-3;/h2-6H,1H3;5,7H,4H2,1-3H3;1H. The number of hydrogen-bond acceptors (Lipinski definition) is 2. The van der Waals surface area contributed by atoms with E-state index in [2.05, 4.69) is 24.4 Å². The molecule has 15 heavy (non-hydrogen) atoms. The van der Waals surface area contributed by atoms with E-state index in [4.69, 9.17) is 0 Å². The number of rotatable bonds is 3. The molecule has 0 fully saturated rings. The van der Waals surface area contributed by atoms with Crippen molar-refractivity contribution in [1.29, 1.82) is 0 Å². The minimum absolute atomic E-state index is 0. The zero-order chi connectivity index (χ0) is 11.7. The van der Waals surface area contributed by atoms with Crippen LogP contribution < -0.4 is 5.32 Å². The van der Waals surface area contributed by atoms with Crippen LogP contribution in [0.2, 0.25) is 0 Å². The van der Waals surface area contributed by atoms with E-state index in [0.29, 0.717) is 6.54 Å². The second kappa shape index (κ2) is 8.18. The smallest absolute Gasteiger partial charge is 0.149 e. The molecule has 1 rings (SSSR count). The minimum atomic E-state index is 0. The van der Waals surface area contributed by atoms with E-state index in [0.717, 1.165) is 0 Å². The van der Waals surface area contributed by atoms with E-state index >= 15 is 0 Å². The summed E-state index contributed by atoms with van der Waals surface area (Å²) in [4.78, 5) is 10.7. The molecule has 0 amide bonds. The van der Waals surface area contributed by atoms with Crippen LogP contribution in [0, 0.1) is 12.8 Å². The van der Waals surface area contributed by atoms with Crippen molar-refractivity contribution < 1.29 is 6.22 Å². The monoisotopic (exact) mass is 209 g/mol. The van der Waals surface area contributed by atoms with Crippen LogP contribution in [0.5, 0.6) is 0 Å². The number of ketones is 1. The van der Waals surface area contributed by atoms with Crippen molar-refractivity contribution in [3.05, 3.63) is 35.9 Å². The van der Waals surface area contributed by atoms with Gasteiger partial charge < -0.3 is 5.32 Å². The number of Topliss-reactive ketones (excluding diaryl/α,β-unsaturated/α-hetero) is 1. The Labute approximate surface area is 94.2 Å². The number of aryl methyl sites for hydroxylation is 1. The second-order valence-electron chi connectivity index (χ2n) is 3.81. The summed E-state index contributed by atoms with van der Waals surface area (Å²) in [6.45, 7) is 6.39. The van der Waals surface area contributed by atoms with Gasteiger partial charge in [-0.2, -0.15) is 0 Å². The summed E-state index contributed by atoms with van der Waals surface area (Å²) < 4.78 is 0. The lowest BCUT2D eigenvalue weighted by Crippen LogP contribution is -2.22. The molecule has 0 saturated heterocycles. The molecule has 1 aromatic carbocycles. The first kappa shape index (κ1) is 13.8. The Morgan fingerprint density at radius 1 is 1.33 bits per heavy atom. The fraction of sp³-hybridized carbons (Fsp3) is 0.462. The van der Waals surface area contributed by atoms with Crippen molar-refractivity contribution in [2.75, 3.05) is 13.6 Å². The van der Waals surface area contributed by atoms with Gasteiger partial charge in [0.1, 0.15) is 5.78 Å². The summed E-state index contributed by atoms with van der Waals surface area (Å²) in [5.74, 6) is 0.440. The van der Waals surface area contributed by atoms with Crippen molar-refractivity contribution in [2.45, 2.75) is 20.8 Å². The molecule has 0 saturated carbocycles. The minimum Gasteiger partial charge on any atom is -0.313 e. The lowest BCUT2D eigenvalue weighted by Gasteiger charge is -2.00. The SMILES string of the molecule is CNCC(=O)C(C)C.Cc1ccccc1.[HH]. The van der Waals surface area contributed by atoms with Crippen molar-refractivity contribution in [2.24, 2.45) is 5.92 Å². The Morgan fingerprint density at radius 2 is 1.87 bits per heavy atom. The lowest BCUT2D eigenvalue weighted by molar-refractivity contribution is -0.120. The van der Waals surface area contributed by atoms with E-state index < -0.39 is 0 Å². The molecule has 0 aliphatic heterocycles. The fourth-order valence-electron chi connectivity index (χ4n) is 0.913. The van der Waals surface area contributed by atoms with Gasteiger partial charge in [0.25, 0.3) is 0 Å². The molecule has 0 aromatic heterocycles. The number of likely N-dealkylation sites (N-methyl/N-ethyl adjacent to an activating group) is 1. The molecule has 0 atom stereocenters. The molecule has 2 nitrogen and oxygen atoms in total. The molecule has 0 spiro atoms. The van der Waals surface area contributed by atoms with Crippen LogP contribution in [0.3, 0.4) is 0 Å². The highest BCUT2D eigenvalue weighted by Gasteiger charge is 2.03. The Kier molecular flexibility index (Phi) is 7.56. The van der Waals surface area contributed by atoms with Crippen LogP contribution >= 0.6 is 0 Å². The lowest BCUT2D eigenvalue weighted by atomic mass is 10.1. The zero-order valence-corrected chi connectivity index (χ0v) is 10.1. The van der Waals surface area contributed by atoms with E-state index in [-0.39, 0.29) is 13.1 Å². The maximum absolute atomic E-state index is 10.7. The molecule has 0 heterocycles. The summed E-state index contributed by atoms with van der Waals surface area (Å²) >= 11 is 0. The molecule has 1 aromatic rings. The maximum Gasteiger partial charge on any atom is 0.149 e. The first-order valence-corrected chi connectivity index (χ1v) is 5.27. The fourth-order valence-corrected chi connectivity index (χ4v) is 0.913. The first-order valence-electron chi connectivity index (χ1n) is 5.27. The van der Waals surface area contributed by atoms with E-state index in [9.17, 15) is 4.79 Å². The quantitative estimate of drug-likeness (QED) is 0.829. The van der Waals surface area contributed by atoms with Gasteiger partial charge in [0.05, 0.1) is 6.54 Å². The number of carbonyl (C=O) groups excluding carboxylic acids is 1. The van der Waals surface area contributed by atoms with Crippen molar-refractivity contribution >= 4 is 5.78 Å². The summed E-state index contributed by atoms with van der Waals surface area (Å²) in [7, 11) is 1.78. The third-order valence-electron chi connectivity index (χ3n) is 1.94. The van der Waals surface area contributed by atoms with Crippen LogP contribution in [-0.4, -0.2) is 19.4 Å².